The van der Waals surface area contributed by atoms with E-state index in [0.717, 1.165) is 13.0 Å². The smallest absolute Gasteiger partial charge is 0.303 e. The molecule has 0 atom stereocenters. The largest absolute Gasteiger partial charge is 0.481 e. The molecule has 1 heterocycles. The maximum Gasteiger partial charge on any atom is 0.303 e. The number of aryl methyl sites for hydroxylation is 2. The van der Waals surface area contributed by atoms with Gasteiger partial charge < -0.3 is 5.11 Å². The second kappa shape index (κ2) is 7.12. The van der Waals surface area contributed by atoms with Crippen LogP contribution in [-0.4, -0.2) is 20.9 Å². The number of nitrogens with zero attached hydrogens (tertiary/aromatic N) is 2. The number of rotatable bonds is 3. The fourth-order valence-corrected chi connectivity index (χ4v) is 0.845. The Labute approximate surface area is 84.6 Å². The van der Waals surface area contributed by atoms with Crippen LogP contribution in [0.1, 0.15) is 32.4 Å². The highest BCUT2D eigenvalue weighted by Gasteiger charge is 1.91. The first-order chi connectivity index (χ1) is 6.61. The van der Waals surface area contributed by atoms with E-state index < -0.39 is 5.97 Å². The maximum absolute atomic E-state index is 9.37. The van der Waals surface area contributed by atoms with Crippen molar-refractivity contribution < 1.29 is 9.90 Å². The summed E-state index contributed by atoms with van der Waals surface area (Å²) in [6.45, 7) is 6.87. The Morgan fingerprint density at radius 2 is 2.14 bits per heavy atom. The minimum Gasteiger partial charge on any atom is -0.481 e. The summed E-state index contributed by atoms with van der Waals surface area (Å²) in [6, 6.07) is 2.02. The Hall–Kier alpha value is -1.32. The predicted molar refractivity (Wildman–Crippen MR) is 55.2 cm³/mol. The highest BCUT2D eigenvalue weighted by Crippen LogP contribution is 1.95. The van der Waals surface area contributed by atoms with E-state index in [1.165, 1.54) is 5.69 Å². The topological polar surface area (TPSA) is 55.1 Å². The number of hydrogen-bond acceptors (Lipinski definition) is 2. The molecule has 80 valence electrons. The monoisotopic (exact) mass is 198 g/mol. The number of aliphatic carboxylic acids is 1. The molecule has 0 saturated heterocycles. The molecule has 1 aromatic heterocycles. The Bertz CT molecular complexity index is 269. The number of hydrogen-bond donors (Lipinski definition) is 1. The Morgan fingerprint density at radius 3 is 2.43 bits per heavy atom. The third-order valence-electron chi connectivity index (χ3n) is 1.67. The summed E-state index contributed by atoms with van der Waals surface area (Å²) in [5, 5.41) is 11.8. The van der Waals surface area contributed by atoms with Crippen LogP contribution in [0.25, 0.3) is 0 Å². The Balaban J connectivity index is 0.000000292. The molecule has 0 unspecified atom stereocenters. The summed E-state index contributed by atoms with van der Waals surface area (Å²) in [5.74, 6) is -0.745. The van der Waals surface area contributed by atoms with Crippen LogP contribution in [0.15, 0.2) is 12.3 Å². The van der Waals surface area contributed by atoms with Crippen molar-refractivity contribution in [2.24, 2.45) is 0 Å². The quantitative estimate of drug-likeness (QED) is 0.809. The van der Waals surface area contributed by atoms with E-state index in [-0.39, 0.29) is 6.42 Å². The highest BCUT2D eigenvalue weighted by molar-refractivity contribution is 5.66. The summed E-state index contributed by atoms with van der Waals surface area (Å²) >= 11 is 0. The van der Waals surface area contributed by atoms with Crippen LogP contribution in [0.5, 0.6) is 0 Å². The molecule has 0 fully saturated rings. The molecule has 0 aliphatic rings. The molecule has 1 N–H and O–H groups in total. The molecule has 0 bridgehead atoms. The lowest BCUT2D eigenvalue weighted by Crippen LogP contribution is -1.99. The van der Waals surface area contributed by atoms with Gasteiger partial charge >= 0.3 is 5.97 Å². The van der Waals surface area contributed by atoms with Crippen molar-refractivity contribution >= 4 is 5.97 Å². The second-order valence-corrected chi connectivity index (χ2v) is 2.94. The zero-order chi connectivity index (χ0) is 11.0. The van der Waals surface area contributed by atoms with Crippen molar-refractivity contribution in [1.82, 2.24) is 9.78 Å². The molecule has 0 saturated carbocycles. The summed E-state index contributed by atoms with van der Waals surface area (Å²) in [7, 11) is 0. The van der Waals surface area contributed by atoms with E-state index in [4.69, 9.17) is 5.11 Å². The molecule has 1 rings (SSSR count). The Morgan fingerprint density at radius 1 is 1.57 bits per heavy atom. The molecular weight excluding hydrogens is 180 g/mol. The van der Waals surface area contributed by atoms with Gasteiger partial charge in [-0.2, -0.15) is 5.10 Å². The molecular formula is C10H18N2O2. The van der Waals surface area contributed by atoms with Gasteiger partial charge in [-0.15, -0.1) is 0 Å². The molecule has 1 aromatic rings. The number of aromatic nitrogens is 2. The van der Waals surface area contributed by atoms with E-state index in [9.17, 15) is 4.79 Å². The number of carboxylic acid groups (broad SMARTS) is 1. The molecule has 0 aromatic carbocycles. The van der Waals surface area contributed by atoms with Crippen LogP contribution in [-0.2, 0) is 11.3 Å². The van der Waals surface area contributed by atoms with Gasteiger partial charge in [0.05, 0.1) is 0 Å². The summed E-state index contributed by atoms with van der Waals surface area (Å²) in [5.41, 5.74) is 1.25. The second-order valence-electron chi connectivity index (χ2n) is 2.94. The van der Waals surface area contributed by atoms with Crippen molar-refractivity contribution in [3.8, 4) is 0 Å². The molecule has 0 spiro atoms. The van der Waals surface area contributed by atoms with E-state index in [1.807, 2.05) is 16.9 Å². The zero-order valence-electron chi connectivity index (χ0n) is 9.03. The van der Waals surface area contributed by atoms with E-state index >= 15 is 0 Å². The van der Waals surface area contributed by atoms with Crippen molar-refractivity contribution in [3.63, 3.8) is 0 Å². The van der Waals surface area contributed by atoms with Gasteiger partial charge in [0.15, 0.2) is 0 Å². The van der Waals surface area contributed by atoms with Crippen LogP contribution < -0.4 is 0 Å². The fourth-order valence-electron chi connectivity index (χ4n) is 0.845. The van der Waals surface area contributed by atoms with Gasteiger partial charge in [0, 0.05) is 24.9 Å². The lowest BCUT2D eigenvalue weighted by Gasteiger charge is -1.98. The summed E-state index contributed by atoms with van der Waals surface area (Å²) in [6.07, 6.45) is 3.22. The number of carboxylic acids is 1. The third kappa shape index (κ3) is 5.35. The molecule has 0 amide bonds. The average molecular weight is 198 g/mol. The minimum absolute atomic E-state index is 0.222. The number of carbonyl (C=O) groups is 1. The van der Waals surface area contributed by atoms with Gasteiger partial charge in [0.1, 0.15) is 0 Å². The maximum atomic E-state index is 9.37. The van der Waals surface area contributed by atoms with Crippen LogP contribution in [0, 0.1) is 6.92 Å². The first-order valence-corrected chi connectivity index (χ1v) is 4.82. The lowest BCUT2D eigenvalue weighted by atomic mass is 10.4. The Kier molecular flexibility index (Phi) is 6.45. The third-order valence-corrected chi connectivity index (χ3v) is 1.67. The van der Waals surface area contributed by atoms with Crippen molar-refractivity contribution in [3.05, 3.63) is 18.0 Å². The van der Waals surface area contributed by atoms with Crippen LogP contribution in [0.2, 0.25) is 0 Å². The van der Waals surface area contributed by atoms with E-state index in [0.29, 0.717) is 0 Å². The van der Waals surface area contributed by atoms with Crippen molar-refractivity contribution in [2.75, 3.05) is 0 Å². The van der Waals surface area contributed by atoms with Crippen LogP contribution in [0.3, 0.4) is 0 Å². The zero-order valence-corrected chi connectivity index (χ0v) is 9.03. The molecule has 0 aliphatic heterocycles. The first kappa shape index (κ1) is 12.7. The first-order valence-electron chi connectivity index (χ1n) is 4.82. The van der Waals surface area contributed by atoms with Gasteiger partial charge in [-0.05, 0) is 19.4 Å². The average Bonchev–Trinajstić information content (AvgIpc) is 2.54. The van der Waals surface area contributed by atoms with E-state index in [1.54, 1.807) is 6.92 Å². The molecule has 4 nitrogen and oxygen atoms in total. The standard InChI is InChI=1S/C7H12N2.C3H6O2/c1-3-6-9-7(2)4-5-8-9;1-2-3(4)5/h4-5H,3,6H2,1-2H3;2H2,1H3,(H,4,5). The summed E-state index contributed by atoms with van der Waals surface area (Å²) < 4.78 is 2.01. The lowest BCUT2D eigenvalue weighted by molar-refractivity contribution is -0.136. The summed E-state index contributed by atoms with van der Waals surface area (Å²) in [4.78, 5) is 9.37. The normalized spacial score (nSPS) is 9.07. The van der Waals surface area contributed by atoms with Crippen molar-refractivity contribution in [1.29, 1.82) is 0 Å². The molecule has 4 heteroatoms. The molecule has 14 heavy (non-hydrogen) atoms. The molecule has 0 aliphatic carbocycles. The van der Waals surface area contributed by atoms with Crippen LogP contribution >= 0.6 is 0 Å². The van der Waals surface area contributed by atoms with Gasteiger partial charge in [-0.3, -0.25) is 9.48 Å². The van der Waals surface area contributed by atoms with Crippen LogP contribution in [0.4, 0.5) is 0 Å². The van der Waals surface area contributed by atoms with Crippen molar-refractivity contribution in [2.45, 2.75) is 40.2 Å². The fraction of sp³-hybridized carbons (Fsp3) is 0.600. The van der Waals surface area contributed by atoms with Gasteiger partial charge in [-0.25, -0.2) is 0 Å². The SMILES string of the molecule is CCC(=O)O.CCCn1nccc1C. The van der Waals surface area contributed by atoms with Gasteiger partial charge in [0.2, 0.25) is 0 Å². The highest BCUT2D eigenvalue weighted by atomic mass is 16.4. The van der Waals surface area contributed by atoms with E-state index in [2.05, 4.69) is 18.9 Å². The van der Waals surface area contributed by atoms with Gasteiger partial charge in [0.25, 0.3) is 0 Å². The minimum atomic E-state index is -0.745. The molecule has 0 radical (unpaired) electrons. The predicted octanol–water partition coefficient (Wildman–Crippen LogP) is 2.08. The van der Waals surface area contributed by atoms with Gasteiger partial charge in [-0.1, -0.05) is 13.8 Å².